The van der Waals surface area contributed by atoms with Crippen molar-refractivity contribution in [3.05, 3.63) is 66.0 Å². The van der Waals surface area contributed by atoms with Crippen molar-refractivity contribution in [3.63, 3.8) is 0 Å². The molecule has 0 spiro atoms. The van der Waals surface area contributed by atoms with E-state index in [0.717, 1.165) is 40.8 Å². The van der Waals surface area contributed by atoms with Gasteiger partial charge in [0.05, 0.1) is 11.4 Å². The molecule has 7 heteroatoms. The van der Waals surface area contributed by atoms with Gasteiger partial charge in [-0.05, 0) is 43.0 Å². The van der Waals surface area contributed by atoms with Crippen LogP contribution >= 0.6 is 0 Å². The monoisotopic (exact) mass is 386 g/mol. The molecule has 0 aliphatic heterocycles. The summed E-state index contributed by atoms with van der Waals surface area (Å²) < 4.78 is 2.00. The van der Waals surface area contributed by atoms with Gasteiger partial charge >= 0.3 is 0 Å². The minimum atomic E-state index is -0.648. The molecule has 4 aromatic rings. The van der Waals surface area contributed by atoms with E-state index in [9.17, 15) is 5.11 Å². The summed E-state index contributed by atoms with van der Waals surface area (Å²) in [7, 11) is 0. The molecule has 1 atom stereocenters. The minimum Gasteiger partial charge on any atom is -0.383 e. The van der Waals surface area contributed by atoms with Crippen molar-refractivity contribution < 1.29 is 5.11 Å². The van der Waals surface area contributed by atoms with Crippen molar-refractivity contribution >= 4 is 22.5 Å². The first kappa shape index (κ1) is 17.6. The van der Waals surface area contributed by atoms with E-state index >= 15 is 0 Å². The van der Waals surface area contributed by atoms with Crippen LogP contribution in [0.3, 0.4) is 0 Å². The number of fused-ring (bicyclic) bond motifs is 2. The Kier molecular flexibility index (Phi) is 4.17. The van der Waals surface area contributed by atoms with E-state index in [2.05, 4.69) is 39.6 Å². The highest BCUT2D eigenvalue weighted by molar-refractivity contribution is 5.98. The number of anilines is 2. The van der Waals surface area contributed by atoms with Gasteiger partial charge in [0.25, 0.3) is 0 Å². The van der Waals surface area contributed by atoms with Crippen molar-refractivity contribution in [3.8, 4) is 11.3 Å². The molecule has 1 aliphatic carbocycles. The zero-order valence-corrected chi connectivity index (χ0v) is 16.1. The highest BCUT2D eigenvalue weighted by Gasteiger charge is 2.27. The number of aromatic nitrogens is 4. The smallest absolute Gasteiger partial charge is 0.164 e. The van der Waals surface area contributed by atoms with Crippen LogP contribution in [0.25, 0.3) is 22.3 Å². The highest BCUT2D eigenvalue weighted by Crippen LogP contribution is 2.36. The highest BCUT2D eigenvalue weighted by atomic mass is 16.3. The Bertz CT molecular complexity index is 1170. The van der Waals surface area contributed by atoms with Gasteiger partial charge < -0.3 is 16.2 Å². The molecule has 2 aromatic heterocycles. The maximum atomic E-state index is 9.65. The average molecular weight is 386 g/mol. The Labute approximate surface area is 168 Å². The summed E-state index contributed by atoms with van der Waals surface area (Å²) in [4.78, 5) is 8.72. The Morgan fingerprint density at radius 1 is 1.10 bits per heavy atom. The van der Waals surface area contributed by atoms with E-state index in [1.165, 1.54) is 17.5 Å². The van der Waals surface area contributed by atoms with Gasteiger partial charge in [0.1, 0.15) is 24.1 Å². The summed E-state index contributed by atoms with van der Waals surface area (Å²) in [6.45, 7) is 1.68. The summed E-state index contributed by atoms with van der Waals surface area (Å²) in [6.07, 6.45) is 2.68. The molecule has 0 bridgehead atoms. The second-order valence-corrected chi connectivity index (χ2v) is 7.48. The molecule has 0 amide bonds. The zero-order chi connectivity index (χ0) is 20.0. The molecule has 1 unspecified atom stereocenters. The number of nitrogens with one attached hydrogen (secondary N) is 1. The zero-order valence-electron chi connectivity index (χ0n) is 16.1. The van der Waals surface area contributed by atoms with Gasteiger partial charge in [-0.15, -0.1) is 0 Å². The molecular formula is C22H22N6O. The molecule has 5 rings (SSSR count). The topological polar surface area (TPSA) is 102 Å². The lowest BCUT2D eigenvalue weighted by atomic mass is 10.1. The summed E-state index contributed by atoms with van der Waals surface area (Å²) in [5, 5.41) is 18.4. The molecule has 0 saturated carbocycles. The van der Waals surface area contributed by atoms with Crippen LogP contribution in [0.1, 0.15) is 24.1 Å². The molecule has 1 aliphatic rings. The quantitative estimate of drug-likeness (QED) is 0.466. The van der Waals surface area contributed by atoms with Crippen LogP contribution in [-0.4, -0.2) is 31.1 Å². The predicted molar refractivity (Wildman–Crippen MR) is 113 cm³/mol. The molecule has 7 nitrogen and oxygen atoms in total. The third kappa shape index (κ3) is 3.09. The molecule has 0 fully saturated rings. The molecule has 2 aromatic carbocycles. The first-order valence-corrected chi connectivity index (χ1v) is 9.70. The van der Waals surface area contributed by atoms with Crippen molar-refractivity contribution in [2.24, 2.45) is 0 Å². The van der Waals surface area contributed by atoms with Crippen LogP contribution in [0.4, 0.5) is 11.5 Å². The Hall–Kier alpha value is -3.45. The van der Waals surface area contributed by atoms with Gasteiger partial charge in [0.2, 0.25) is 0 Å². The molecule has 0 radical (unpaired) electrons. The average Bonchev–Trinajstić information content (AvgIpc) is 3.30. The number of hydrogen-bond donors (Lipinski definition) is 3. The number of aliphatic hydroxyl groups excluding tert-OH is 1. The number of benzene rings is 2. The first-order valence-electron chi connectivity index (χ1n) is 9.70. The minimum absolute atomic E-state index is 0.191. The number of nitrogen functional groups attached to an aromatic ring is 1. The number of aliphatic hydroxyl groups is 1. The normalized spacial score (nSPS) is 14.8. The summed E-state index contributed by atoms with van der Waals surface area (Å²) in [6, 6.07) is 16.5. The van der Waals surface area contributed by atoms with Crippen molar-refractivity contribution in [2.75, 3.05) is 11.1 Å². The second-order valence-electron chi connectivity index (χ2n) is 7.48. The number of rotatable bonds is 4. The standard InChI is InChI=1S/C22H22N6O/c1-13(29)26-17-8-4-7-16(9-17)20-19-21(23)24-12-25-22(19)28(27-20)18-10-14-5-2-3-6-15(14)11-18/h2-9,12-13,18,26,29H,10-11H2,1H3,(H2,23,24,25). The van der Waals surface area contributed by atoms with Gasteiger partial charge in [-0.1, -0.05) is 36.4 Å². The van der Waals surface area contributed by atoms with E-state index < -0.39 is 6.23 Å². The van der Waals surface area contributed by atoms with Crippen LogP contribution in [0.5, 0.6) is 0 Å². The number of nitrogens with zero attached hydrogens (tertiary/aromatic N) is 4. The van der Waals surface area contributed by atoms with Crippen molar-refractivity contribution in [2.45, 2.75) is 32.0 Å². The summed E-state index contributed by atoms with van der Waals surface area (Å²) in [5.74, 6) is 0.417. The molecule has 29 heavy (non-hydrogen) atoms. The van der Waals surface area contributed by atoms with Gasteiger partial charge in [-0.25, -0.2) is 14.6 Å². The van der Waals surface area contributed by atoms with E-state index in [4.69, 9.17) is 10.8 Å². The number of hydrogen-bond acceptors (Lipinski definition) is 6. The SMILES string of the molecule is CC(O)Nc1cccc(-c2nn(C3Cc4ccccc4C3)c3ncnc(N)c23)c1. The Morgan fingerprint density at radius 2 is 1.86 bits per heavy atom. The lowest BCUT2D eigenvalue weighted by Gasteiger charge is -2.11. The van der Waals surface area contributed by atoms with Gasteiger partial charge in [-0.2, -0.15) is 5.10 Å². The van der Waals surface area contributed by atoms with Crippen LogP contribution in [0, 0.1) is 0 Å². The molecular weight excluding hydrogens is 364 g/mol. The lowest BCUT2D eigenvalue weighted by Crippen LogP contribution is -2.13. The summed E-state index contributed by atoms with van der Waals surface area (Å²) in [5.41, 5.74) is 12.2. The van der Waals surface area contributed by atoms with E-state index in [-0.39, 0.29) is 6.04 Å². The molecule has 146 valence electrons. The van der Waals surface area contributed by atoms with Crippen molar-refractivity contribution in [1.82, 2.24) is 19.7 Å². The second kappa shape index (κ2) is 6.86. The van der Waals surface area contributed by atoms with Crippen LogP contribution in [-0.2, 0) is 12.8 Å². The third-order valence-corrected chi connectivity index (χ3v) is 5.41. The lowest BCUT2D eigenvalue weighted by molar-refractivity contribution is 0.224. The van der Waals surface area contributed by atoms with Crippen molar-refractivity contribution in [1.29, 1.82) is 0 Å². The molecule has 0 saturated heterocycles. The Balaban J connectivity index is 1.63. The fraction of sp³-hybridized carbons (Fsp3) is 0.227. The Morgan fingerprint density at radius 3 is 2.59 bits per heavy atom. The van der Waals surface area contributed by atoms with Crippen LogP contribution in [0.2, 0.25) is 0 Å². The fourth-order valence-corrected chi connectivity index (χ4v) is 4.16. The van der Waals surface area contributed by atoms with Gasteiger partial charge in [0.15, 0.2) is 5.65 Å². The number of nitrogens with two attached hydrogens (primary N) is 1. The predicted octanol–water partition coefficient (Wildman–Crippen LogP) is 3.17. The van der Waals surface area contributed by atoms with Crippen LogP contribution in [0.15, 0.2) is 54.9 Å². The maximum absolute atomic E-state index is 9.65. The maximum Gasteiger partial charge on any atom is 0.164 e. The first-order chi connectivity index (χ1) is 14.1. The molecule has 4 N–H and O–H groups in total. The van der Waals surface area contributed by atoms with Gasteiger partial charge in [-0.3, -0.25) is 0 Å². The third-order valence-electron chi connectivity index (χ3n) is 5.41. The van der Waals surface area contributed by atoms with E-state index in [1.54, 1.807) is 6.92 Å². The summed E-state index contributed by atoms with van der Waals surface area (Å²) >= 11 is 0. The molecule has 2 heterocycles. The van der Waals surface area contributed by atoms with E-state index in [0.29, 0.717) is 5.82 Å². The van der Waals surface area contributed by atoms with Crippen LogP contribution < -0.4 is 11.1 Å². The van der Waals surface area contributed by atoms with E-state index in [1.807, 2.05) is 28.9 Å². The largest absolute Gasteiger partial charge is 0.383 e. The van der Waals surface area contributed by atoms with Gasteiger partial charge in [0, 0.05) is 11.3 Å². The fourth-order valence-electron chi connectivity index (χ4n) is 4.16.